The maximum atomic E-state index is 14.1. The highest BCUT2D eigenvalue weighted by Crippen LogP contribution is 2.27. The Labute approximate surface area is 126 Å². The first kappa shape index (κ1) is 15.5. The molecule has 1 N–H and O–H groups in total. The first-order chi connectivity index (χ1) is 10.1. The van der Waals surface area contributed by atoms with Gasteiger partial charge in [0.1, 0.15) is 5.75 Å². The van der Waals surface area contributed by atoms with Gasteiger partial charge in [0.05, 0.1) is 0 Å². The van der Waals surface area contributed by atoms with Gasteiger partial charge in [0.2, 0.25) is 0 Å². The molecule has 0 spiro atoms. The molecule has 0 unspecified atom stereocenters. The minimum absolute atomic E-state index is 0.260. The quantitative estimate of drug-likeness (QED) is 0.820. The van der Waals surface area contributed by atoms with Gasteiger partial charge in [0.25, 0.3) is 0 Å². The van der Waals surface area contributed by atoms with Crippen LogP contribution < -0.4 is 10.1 Å². The van der Waals surface area contributed by atoms with Gasteiger partial charge < -0.3 is 10.1 Å². The molecule has 2 aromatic carbocycles. The van der Waals surface area contributed by atoms with Crippen molar-refractivity contribution in [1.82, 2.24) is 5.32 Å². The summed E-state index contributed by atoms with van der Waals surface area (Å²) < 4.78 is 19.7. The van der Waals surface area contributed by atoms with Crippen LogP contribution >= 0.6 is 0 Å². The molecule has 0 radical (unpaired) electrons. The van der Waals surface area contributed by atoms with E-state index in [-0.39, 0.29) is 11.6 Å². The topological polar surface area (TPSA) is 21.3 Å². The zero-order valence-corrected chi connectivity index (χ0v) is 12.8. The van der Waals surface area contributed by atoms with Crippen molar-refractivity contribution in [2.24, 2.45) is 0 Å². The smallest absolute Gasteiger partial charge is 0.166 e. The predicted molar refractivity (Wildman–Crippen MR) is 84.4 cm³/mol. The molecule has 0 amide bonds. The Morgan fingerprint density at radius 1 is 1.14 bits per heavy atom. The number of nitrogens with one attached hydrogen (secondary N) is 1. The second-order valence-corrected chi connectivity index (χ2v) is 5.37. The normalized spacial score (nSPS) is 10.9. The molecule has 0 heterocycles. The molecule has 2 rings (SSSR count). The maximum absolute atomic E-state index is 14.1. The van der Waals surface area contributed by atoms with Crippen molar-refractivity contribution in [3.63, 3.8) is 0 Å². The Morgan fingerprint density at radius 3 is 2.62 bits per heavy atom. The Bertz CT molecular complexity index is 596. The molecular weight excluding hydrogens is 265 g/mol. The van der Waals surface area contributed by atoms with E-state index in [0.29, 0.717) is 18.2 Å². The van der Waals surface area contributed by atoms with Crippen LogP contribution in [0, 0.1) is 5.82 Å². The van der Waals surface area contributed by atoms with E-state index in [1.54, 1.807) is 6.07 Å². The van der Waals surface area contributed by atoms with Gasteiger partial charge in [-0.15, -0.1) is 0 Å². The molecule has 0 saturated heterocycles. The molecule has 0 aliphatic rings. The molecule has 0 saturated carbocycles. The summed E-state index contributed by atoms with van der Waals surface area (Å²) in [6.45, 7) is 7.79. The van der Waals surface area contributed by atoms with Gasteiger partial charge in [0.15, 0.2) is 11.6 Å². The summed E-state index contributed by atoms with van der Waals surface area (Å²) in [7, 11) is 0. The summed E-state index contributed by atoms with van der Waals surface area (Å²) >= 11 is 0. The molecule has 0 bridgehead atoms. The highest BCUT2D eigenvalue weighted by molar-refractivity contribution is 5.37. The minimum Gasteiger partial charge on any atom is -0.454 e. The van der Waals surface area contributed by atoms with Crippen molar-refractivity contribution in [2.75, 3.05) is 6.54 Å². The van der Waals surface area contributed by atoms with Crippen molar-refractivity contribution in [3.05, 3.63) is 59.4 Å². The van der Waals surface area contributed by atoms with Gasteiger partial charge in [-0.1, -0.05) is 39.0 Å². The first-order valence-electron chi connectivity index (χ1n) is 7.37. The maximum Gasteiger partial charge on any atom is 0.166 e. The van der Waals surface area contributed by atoms with E-state index >= 15 is 0 Å². The van der Waals surface area contributed by atoms with E-state index in [4.69, 9.17) is 4.74 Å². The van der Waals surface area contributed by atoms with Crippen LogP contribution in [0.3, 0.4) is 0 Å². The zero-order chi connectivity index (χ0) is 15.2. The number of hydrogen-bond acceptors (Lipinski definition) is 2. The van der Waals surface area contributed by atoms with Gasteiger partial charge in [-0.05, 0) is 47.9 Å². The summed E-state index contributed by atoms with van der Waals surface area (Å²) in [5.74, 6) is 1.01. The average molecular weight is 287 g/mol. The summed E-state index contributed by atoms with van der Waals surface area (Å²) in [5, 5.41) is 3.17. The Kier molecular flexibility index (Phi) is 5.34. The molecule has 3 heteroatoms. The number of halogens is 1. The Balaban J connectivity index is 2.14. The summed E-state index contributed by atoms with van der Waals surface area (Å²) in [6.07, 6.45) is 0. The van der Waals surface area contributed by atoms with Gasteiger partial charge >= 0.3 is 0 Å². The lowest BCUT2D eigenvalue weighted by atomic mass is 10.0. The average Bonchev–Trinajstić information content (AvgIpc) is 2.48. The molecule has 0 aliphatic heterocycles. The van der Waals surface area contributed by atoms with Gasteiger partial charge in [-0.2, -0.15) is 0 Å². The third kappa shape index (κ3) is 4.30. The van der Waals surface area contributed by atoms with Crippen LogP contribution in [0.5, 0.6) is 11.5 Å². The largest absolute Gasteiger partial charge is 0.454 e. The SMILES string of the molecule is CCNCc1ccc(Oc2cccc(C(C)C)c2)c(F)c1. The third-order valence-corrected chi connectivity index (χ3v) is 3.33. The van der Waals surface area contributed by atoms with Crippen LogP contribution in [-0.4, -0.2) is 6.54 Å². The number of ether oxygens (including phenoxy) is 1. The molecule has 0 fully saturated rings. The number of hydrogen-bond donors (Lipinski definition) is 1. The fraction of sp³-hybridized carbons (Fsp3) is 0.333. The lowest BCUT2D eigenvalue weighted by Crippen LogP contribution is -2.11. The highest BCUT2D eigenvalue weighted by atomic mass is 19.1. The molecular formula is C18H22FNO. The standard InChI is InChI=1S/C18H22FNO/c1-4-20-12-14-8-9-18(17(19)10-14)21-16-7-5-6-15(11-16)13(2)3/h5-11,13,20H,4,12H2,1-3H3. The van der Waals surface area contributed by atoms with Crippen LogP contribution in [0.25, 0.3) is 0 Å². The van der Waals surface area contributed by atoms with Gasteiger partial charge in [-0.3, -0.25) is 0 Å². The fourth-order valence-corrected chi connectivity index (χ4v) is 2.07. The van der Waals surface area contributed by atoms with Crippen molar-refractivity contribution < 1.29 is 9.13 Å². The van der Waals surface area contributed by atoms with Crippen LogP contribution in [0.2, 0.25) is 0 Å². The van der Waals surface area contributed by atoms with Crippen molar-refractivity contribution in [2.45, 2.75) is 33.2 Å². The molecule has 21 heavy (non-hydrogen) atoms. The number of benzene rings is 2. The minimum atomic E-state index is -0.333. The molecule has 112 valence electrons. The van der Waals surface area contributed by atoms with Crippen molar-refractivity contribution >= 4 is 0 Å². The number of rotatable bonds is 6. The summed E-state index contributed by atoms with van der Waals surface area (Å²) in [5.41, 5.74) is 2.09. The lowest BCUT2D eigenvalue weighted by Gasteiger charge is -2.11. The zero-order valence-electron chi connectivity index (χ0n) is 12.8. The van der Waals surface area contributed by atoms with Crippen molar-refractivity contribution in [1.29, 1.82) is 0 Å². The highest BCUT2D eigenvalue weighted by Gasteiger charge is 2.07. The Hall–Kier alpha value is -1.87. The molecule has 0 aromatic heterocycles. The van der Waals surface area contributed by atoms with E-state index in [9.17, 15) is 4.39 Å². The van der Waals surface area contributed by atoms with Crippen LogP contribution in [0.4, 0.5) is 4.39 Å². The summed E-state index contributed by atoms with van der Waals surface area (Å²) in [4.78, 5) is 0. The Morgan fingerprint density at radius 2 is 1.95 bits per heavy atom. The second kappa shape index (κ2) is 7.23. The summed E-state index contributed by atoms with van der Waals surface area (Å²) in [6, 6.07) is 12.9. The van der Waals surface area contributed by atoms with E-state index in [2.05, 4.69) is 19.2 Å². The monoisotopic (exact) mass is 287 g/mol. The second-order valence-electron chi connectivity index (χ2n) is 5.37. The third-order valence-electron chi connectivity index (χ3n) is 3.33. The first-order valence-corrected chi connectivity index (χ1v) is 7.37. The molecule has 0 aliphatic carbocycles. The predicted octanol–water partition coefficient (Wildman–Crippen LogP) is 4.85. The van der Waals surface area contributed by atoms with E-state index in [1.807, 2.05) is 37.3 Å². The van der Waals surface area contributed by atoms with Gasteiger partial charge in [-0.25, -0.2) is 4.39 Å². The fourth-order valence-electron chi connectivity index (χ4n) is 2.07. The lowest BCUT2D eigenvalue weighted by molar-refractivity contribution is 0.440. The molecule has 2 aromatic rings. The van der Waals surface area contributed by atoms with Gasteiger partial charge in [0, 0.05) is 6.54 Å². The molecule has 2 nitrogen and oxygen atoms in total. The van der Waals surface area contributed by atoms with Crippen LogP contribution in [0.1, 0.15) is 37.8 Å². The van der Waals surface area contributed by atoms with Crippen LogP contribution in [-0.2, 0) is 6.54 Å². The van der Waals surface area contributed by atoms with Crippen LogP contribution in [0.15, 0.2) is 42.5 Å². The van der Waals surface area contributed by atoms with E-state index in [1.165, 1.54) is 11.6 Å². The van der Waals surface area contributed by atoms with E-state index in [0.717, 1.165) is 12.1 Å². The van der Waals surface area contributed by atoms with E-state index < -0.39 is 0 Å². The molecule has 0 atom stereocenters. The van der Waals surface area contributed by atoms with Crippen molar-refractivity contribution in [3.8, 4) is 11.5 Å².